The number of aliphatic carboxylic acids is 1. The van der Waals surface area contributed by atoms with Crippen molar-refractivity contribution in [3.05, 3.63) is 246 Å². The number of aryl methyl sites for hydroxylation is 3. The molecule has 0 spiro atoms. The monoisotopic (exact) mass is 1290 g/mol. The summed E-state index contributed by atoms with van der Waals surface area (Å²) in [5.41, 5.74) is 34.3. The summed E-state index contributed by atoms with van der Waals surface area (Å²) in [7, 11) is 0. The lowest BCUT2D eigenvalue weighted by molar-refractivity contribution is -0.138. The highest BCUT2D eigenvalue weighted by Gasteiger charge is 2.26. The second-order valence-corrected chi connectivity index (χ2v) is 22.0. The highest BCUT2D eigenvalue weighted by Crippen LogP contribution is 2.31. The number of fused-ring (bicyclic) bond motifs is 3. The molecule has 0 radical (unpaired) electrons. The fourth-order valence-electron chi connectivity index (χ4n) is 9.79. The number of aliphatic imine (C=N–C) groups is 1. The highest BCUT2D eigenvalue weighted by molar-refractivity contribution is 6.32. The zero-order valence-electron chi connectivity index (χ0n) is 49.7. The predicted molar refractivity (Wildman–Crippen MR) is 344 cm³/mol. The Morgan fingerprint density at radius 2 is 1.00 bits per heavy atom. The number of aromatic nitrogens is 6. The fraction of sp³-hybridized carbons (Fsp3) is 0.242. The first kappa shape index (κ1) is 68.8. The number of carboxylic acid groups (broad SMARTS) is 1. The maximum absolute atomic E-state index is 14.3. The fourth-order valence-corrected chi connectivity index (χ4v) is 10.3. The Labute approximate surface area is 533 Å². The van der Waals surface area contributed by atoms with Crippen molar-refractivity contribution in [2.24, 2.45) is 33.7 Å². The molecule has 0 bridgehead atoms. The number of rotatable bonds is 20. The number of nitrogens with two attached hydrogens (primary N) is 5. The third kappa shape index (κ3) is 17.2. The summed E-state index contributed by atoms with van der Waals surface area (Å²) in [6, 6.07) is 32.3. The summed E-state index contributed by atoms with van der Waals surface area (Å²) in [5, 5.41) is 12.5. The van der Waals surface area contributed by atoms with Crippen molar-refractivity contribution in [2.45, 2.75) is 91.0 Å². The summed E-state index contributed by atoms with van der Waals surface area (Å²) in [5.74, 6) is -1.50. The molecule has 12 N–H and O–H groups in total. The number of unbranched alkanes of at least 4 members (excludes halogenated alkanes) is 2. The number of halogens is 6. The normalized spacial score (nSPS) is 12.0. The standard InChI is InChI=1S/C24H27ClFN5O2.C18H15ClFN3O.C18H13ClFN3.C6H14N2O2/c1-15-29-13-17(14-30-24(33)21(28)8-4-5-11-27)31(15)22-10-9-16(25)12-19(22)23(32)18-6-2-3-7-20(18)26;1-11-22-10-13(9-21)23(11)17-7-6-12(19)8-15(17)18(24)14-4-2-3-5-16(14)20;1-11-21-9-13-10-22-18(14-4-2-3-5-16(14)20)15-8-12(19)6-7-17(15)23(11)13;7-4-2-1-3-5(8)6(9)10/h2-3,6-7,9-10,12-13,21H,4-5,8,11,14,27-28H2,1H3,(H,30,33);2-8,10H,9,21H2,1H3;2-9H,10H2,1H3;5H,1-4,7-8H2,(H,9,10)/t21-;;;5-/m0..0/s1. The zero-order valence-corrected chi connectivity index (χ0v) is 51.9. The maximum Gasteiger partial charge on any atom is 0.320 e. The minimum Gasteiger partial charge on any atom is -0.480 e. The molecule has 0 unspecified atom stereocenters. The van der Waals surface area contributed by atoms with Gasteiger partial charge in [0, 0.05) is 43.9 Å². The van der Waals surface area contributed by atoms with E-state index in [1.165, 1.54) is 54.6 Å². The number of carbonyl (C=O) groups excluding carboxylic acids is 3. The maximum atomic E-state index is 14.3. The largest absolute Gasteiger partial charge is 0.480 e. The first-order valence-corrected chi connectivity index (χ1v) is 29.8. The van der Waals surface area contributed by atoms with Gasteiger partial charge in [-0.25, -0.2) is 28.1 Å². The van der Waals surface area contributed by atoms with E-state index in [0.29, 0.717) is 93.1 Å². The Morgan fingerprint density at radius 3 is 1.51 bits per heavy atom. The van der Waals surface area contributed by atoms with Crippen LogP contribution in [0, 0.1) is 38.2 Å². The highest BCUT2D eigenvalue weighted by atomic mass is 35.5. The van der Waals surface area contributed by atoms with Crippen LogP contribution in [0.1, 0.15) is 116 Å². The smallest absolute Gasteiger partial charge is 0.320 e. The van der Waals surface area contributed by atoms with Crippen LogP contribution in [0.3, 0.4) is 0 Å². The molecule has 90 heavy (non-hydrogen) atoms. The molecule has 0 fully saturated rings. The number of ketones is 2. The van der Waals surface area contributed by atoms with E-state index >= 15 is 0 Å². The van der Waals surface area contributed by atoms with Gasteiger partial charge in [-0.05, 0) is 151 Å². The Kier molecular flexibility index (Phi) is 25.0. The molecular weight excluding hydrogens is 1220 g/mol. The van der Waals surface area contributed by atoms with Crippen LogP contribution in [0.25, 0.3) is 17.1 Å². The van der Waals surface area contributed by atoms with Crippen LogP contribution in [0.5, 0.6) is 0 Å². The molecule has 0 saturated carbocycles. The number of imidazole rings is 3. The third-order valence-electron chi connectivity index (χ3n) is 14.4. The summed E-state index contributed by atoms with van der Waals surface area (Å²) in [4.78, 5) is 66.2. The minimum absolute atomic E-state index is 0.00640. The number of nitrogens with zero attached hydrogens (tertiary/aromatic N) is 7. The van der Waals surface area contributed by atoms with E-state index in [1.807, 2.05) is 48.9 Å². The third-order valence-corrected chi connectivity index (χ3v) is 15.1. The topological polar surface area (TPSA) is 296 Å². The van der Waals surface area contributed by atoms with Crippen molar-refractivity contribution in [3.8, 4) is 17.1 Å². The molecule has 2 atom stereocenters. The molecule has 470 valence electrons. The molecule has 0 aliphatic carbocycles. The van der Waals surface area contributed by atoms with Crippen LogP contribution in [0.4, 0.5) is 13.2 Å². The van der Waals surface area contributed by atoms with E-state index < -0.39 is 41.3 Å². The van der Waals surface area contributed by atoms with Crippen molar-refractivity contribution in [1.82, 2.24) is 34.0 Å². The number of benzene rings is 6. The van der Waals surface area contributed by atoms with E-state index in [2.05, 4.69) is 25.3 Å². The molecule has 1 aliphatic rings. The molecule has 6 aromatic carbocycles. The number of amides is 1. The Bertz CT molecular complexity index is 4040. The summed E-state index contributed by atoms with van der Waals surface area (Å²) >= 11 is 18.4. The Balaban J connectivity index is 0.000000181. The number of hydrogen-bond donors (Lipinski definition) is 7. The molecule has 10 rings (SSSR count). The Morgan fingerprint density at radius 1 is 0.544 bits per heavy atom. The van der Waals surface area contributed by atoms with Gasteiger partial charge >= 0.3 is 5.97 Å². The lowest BCUT2D eigenvalue weighted by atomic mass is 10.00. The van der Waals surface area contributed by atoms with Crippen molar-refractivity contribution in [3.63, 3.8) is 0 Å². The van der Waals surface area contributed by atoms with Gasteiger partial charge in [-0.1, -0.05) is 84.0 Å². The average molecular weight is 1290 g/mol. The van der Waals surface area contributed by atoms with Crippen LogP contribution in [-0.2, 0) is 29.2 Å². The number of carbonyl (C=O) groups is 4. The van der Waals surface area contributed by atoms with Crippen molar-refractivity contribution >= 4 is 64.0 Å². The van der Waals surface area contributed by atoms with Gasteiger partial charge in [-0.3, -0.25) is 37.9 Å². The van der Waals surface area contributed by atoms with Crippen LogP contribution in [0.2, 0.25) is 15.1 Å². The van der Waals surface area contributed by atoms with E-state index in [9.17, 15) is 32.3 Å². The molecule has 9 aromatic rings. The van der Waals surface area contributed by atoms with Crippen LogP contribution < -0.4 is 34.0 Å². The lowest BCUT2D eigenvalue weighted by Gasteiger charge is -2.17. The van der Waals surface area contributed by atoms with E-state index in [-0.39, 0.29) is 41.5 Å². The van der Waals surface area contributed by atoms with E-state index in [0.717, 1.165) is 54.1 Å². The summed E-state index contributed by atoms with van der Waals surface area (Å²) in [6.07, 6.45) is 9.36. The first-order valence-electron chi connectivity index (χ1n) is 28.7. The van der Waals surface area contributed by atoms with Crippen molar-refractivity contribution in [1.29, 1.82) is 0 Å². The summed E-state index contributed by atoms with van der Waals surface area (Å²) in [6.45, 7) is 7.54. The first-order chi connectivity index (χ1) is 43.2. The van der Waals surface area contributed by atoms with Gasteiger partial charge in [0.05, 0.1) is 88.7 Å². The van der Waals surface area contributed by atoms with Crippen molar-refractivity contribution < 1.29 is 37.5 Å². The van der Waals surface area contributed by atoms with E-state index in [4.69, 9.17) is 68.6 Å². The minimum atomic E-state index is -0.933. The second-order valence-electron chi connectivity index (χ2n) is 20.7. The van der Waals surface area contributed by atoms with E-state index in [1.54, 1.807) is 77.0 Å². The van der Waals surface area contributed by atoms with Crippen molar-refractivity contribution in [2.75, 3.05) is 13.1 Å². The zero-order chi connectivity index (χ0) is 65.2. The molecule has 4 heterocycles. The predicted octanol–water partition coefficient (Wildman–Crippen LogP) is 10.8. The number of carboxylic acids is 1. The molecule has 0 saturated heterocycles. The quantitative estimate of drug-likeness (QED) is 0.0276. The molecule has 18 nitrogen and oxygen atoms in total. The van der Waals surface area contributed by atoms with Gasteiger partial charge in [-0.2, -0.15) is 0 Å². The van der Waals surface area contributed by atoms with Gasteiger partial charge in [0.25, 0.3) is 0 Å². The molecule has 1 aliphatic heterocycles. The molecule has 24 heteroatoms. The molecular formula is C66H69Cl3F3N13O5. The Hall–Kier alpha value is -8.64. The number of hydrogen-bond acceptors (Lipinski definition) is 13. The van der Waals surface area contributed by atoms with Gasteiger partial charge in [0.1, 0.15) is 41.0 Å². The second kappa shape index (κ2) is 32.7. The summed E-state index contributed by atoms with van der Waals surface area (Å²) < 4.78 is 48.2. The van der Waals surface area contributed by atoms with Crippen LogP contribution in [0.15, 0.2) is 151 Å². The van der Waals surface area contributed by atoms with Gasteiger partial charge in [0.2, 0.25) is 5.91 Å². The average Bonchev–Trinajstić information content (AvgIpc) is 1.63. The van der Waals surface area contributed by atoms with Gasteiger partial charge < -0.3 is 39.1 Å². The molecule has 1 amide bonds. The van der Waals surface area contributed by atoms with Gasteiger partial charge in [0.15, 0.2) is 11.6 Å². The lowest BCUT2D eigenvalue weighted by Crippen LogP contribution is -2.40. The van der Waals surface area contributed by atoms with Crippen LogP contribution >= 0.6 is 34.8 Å². The molecule has 3 aromatic heterocycles. The number of nitrogens with one attached hydrogen (secondary N) is 1. The SMILES string of the molecule is Cc1ncc(CN)n1-c1ccc(Cl)cc1C(=O)c1ccccc1F.Cc1ncc(CNC(=O)[C@@H](N)CCCCN)n1-c1ccc(Cl)cc1C(=O)c1ccccc1F.Cc1ncc2n1-c1ccc(Cl)cc1C(c1ccccc1F)=NC2.NCCCC[C@H](N)C(=O)O. The van der Waals surface area contributed by atoms with Crippen LogP contribution in [-0.4, -0.2) is 88.1 Å². The van der Waals surface area contributed by atoms with Gasteiger partial charge in [-0.15, -0.1) is 0 Å².